The van der Waals surface area contributed by atoms with E-state index in [-0.39, 0.29) is 5.91 Å². The first kappa shape index (κ1) is 14.4. The van der Waals surface area contributed by atoms with E-state index in [9.17, 15) is 4.79 Å². The molecule has 0 saturated carbocycles. The monoisotopic (exact) mass is 281 g/mol. The number of piperidine rings is 1. The van der Waals surface area contributed by atoms with Crippen LogP contribution in [-0.4, -0.2) is 37.6 Å². The van der Waals surface area contributed by atoms with E-state index >= 15 is 0 Å². The van der Waals surface area contributed by atoms with Gasteiger partial charge in [0.25, 0.3) is 5.91 Å². The minimum absolute atomic E-state index is 0.113. The number of rotatable bonds is 4. The van der Waals surface area contributed by atoms with Crippen LogP contribution in [0.15, 0.2) is 24.3 Å². The molecule has 104 valence electrons. The average Bonchev–Trinajstić information content (AvgIpc) is 2.47. The third-order valence-electron chi connectivity index (χ3n) is 3.56. The van der Waals surface area contributed by atoms with Gasteiger partial charge in [0.05, 0.1) is 6.61 Å². The number of carbonyl (C=O) groups is 1. The van der Waals surface area contributed by atoms with Crippen molar-refractivity contribution in [2.75, 3.05) is 26.8 Å². The molecule has 3 nitrogen and oxygen atoms in total. The van der Waals surface area contributed by atoms with Crippen molar-refractivity contribution in [3.8, 4) is 0 Å². The fourth-order valence-corrected chi connectivity index (χ4v) is 2.72. The normalized spacial score (nSPS) is 19.5. The molecule has 2 rings (SSSR count). The molecule has 1 aliphatic rings. The predicted molar refractivity (Wildman–Crippen MR) is 76.5 cm³/mol. The highest BCUT2D eigenvalue weighted by atomic mass is 35.5. The van der Waals surface area contributed by atoms with E-state index in [1.54, 1.807) is 7.11 Å². The Labute approximate surface area is 119 Å². The van der Waals surface area contributed by atoms with Crippen LogP contribution < -0.4 is 0 Å². The summed E-state index contributed by atoms with van der Waals surface area (Å²) in [6.07, 6.45) is 2.20. The minimum Gasteiger partial charge on any atom is -0.384 e. The van der Waals surface area contributed by atoms with E-state index < -0.39 is 0 Å². The number of carbonyl (C=O) groups excluding carboxylic acids is 1. The lowest BCUT2D eigenvalue weighted by molar-refractivity contribution is 0.0571. The highest BCUT2D eigenvalue weighted by Crippen LogP contribution is 2.19. The van der Waals surface area contributed by atoms with Gasteiger partial charge in [0.1, 0.15) is 0 Å². The van der Waals surface area contributed by atoms with Crippen molar-refractivity contribution in [1.82, 2.24) is 4.90 Å². The van der Waals surface area contributed by atoms with Gasteiger partial charge in [-0.3, -0.25) is 4.79 Å². The molecule has 0 aliphatic carbocycles. The second-order valence-electron chi connectivity index (χ2n) is 5.05. The largest absolute Gasteiger partial charge is 0.384 e. The zero-order chi connectivity index (χ0) is 13.7. The molecule has 1 aromatic rings. The first-order valence-electron chi connectivity index (χ1n) is 6.67. The number of nitrogens with zero attached hydrogens (tertiary/aromatic N) is 1. The number of benzene rings is 1. The summed E-state index contributed by atoms with van der Waals surface area (Å²) in [5.74, 6) is 1.06. The molecular weight excluding hydrogens is 262 g/mol. The smallest absolute Gasteiger partial charge is 0.253 e. The third-order valence-corrected chi connectivity index (χ3v) is 3.87. The van der Waals surface area contributed by atoms with Gasteiger partial charge >= 0.3 is 0 Å². The maximum Gasteiger partial charge on any atom is 0.253 e. The predicted octanol–water partition coefficient (Wildman–Crippen LogP) is 2.92. The van der Waals surface area contributed by atoms with Gasteiger partial charge in [-0.2, -0.15) is 0 Å². The molecule has 0 radical (unpaired) electrons. The van der Waals surface area contributed by atoms with E-state index in [0.29, 0.717) is 11.8 Å². The highest BCUT2D eigenvalue weighted by Gasteiger charge is 2.24. The maximum atomic E-state index is 12.4. The standard InChI is InChI=1S/C15H20ClNO2/c1-19-11-13-3-2-8-17(10-13)15(18)14-6-4-12(9-16)5-7-14/h4-7,13H,2-3,8-11H2,1H3. The Hall–Kier alpha value is -1.06. The number of hydrogen-bond acceptors (Lipinski definition) is 2. The molecule has 1 saturated heterocycles. The van der Waals surface area contributed by atoms with E-state index in [4.69, 9.17) is 16.3 Å². The molecule has 0 N–H and O–H groups in total. The van der Waals surface area contributed by atoms with Crippen molar-refractivity contribution < 1.29 is 9.53 Å². The summed E-state index contributed by atoms with van der Waals surface area (Å²) in [5, 5.41) is 0. The molecule has 1 fully saturated rings. The zero-order valence-corrected chi connectivity index (χ0v) is 12.0. The van der Waals surface area contributed by atoms with Gasteiger partial charge in [0.15, 0.2) is 0 Å². The minimum atomic E-state index is 0.113. The van der Waals surface area contributed by atoms with Gasteiger partial charge < -0.3 is 9.64 Å². The van der Waals surface area contributed by atoms with Crippen LogP contribution in [-0.2, 0) is 10.6 Å². The van der Waals surface area contributed by atoms with E-state index in [0.717, 1.165) is 43.7 Å². The second-order valence-corrected chi connectivity index (χ2v) is 5.31. The first-order valence-corrected chi connectivity index (χ1v) is 7.21. The summed E-state index contributed by atoms with van der Waals surface area (Å²) >= 11 is 5.75. The van der Waals surface area contributed by atoms with E-state index in [1.165, 1.54) is 0 Å². The molecule has 1 heterocycles. The molecule has 1 amide bonds. The van der Waals surface area contributed by atoms with Crippen LogP contribution in [0, 0.1) is 5.92 Å². The first-order chi connectivity index (χ1) is 9.24. The van der Waals surface area contributed by atoms with E-state index in [2.05, 4.69) is 0 Å². The summed E-state index contributed by atoms with van der Waals surface area (Å²) in [6, 6.07) is 7.55. The molecule has 19 heavy (non-hydrogen) atoms. The lowest BCUT2D eigenvalue weighted by Gasteiger charge is -2.32. The Morgan fingerprint density at radius 3 is 2.79 bits per heavy atom. The lowest BCUT2D eigenvalue weighted by atomic mass is 9.98. The van der Waals surface area contributed by atoms with Crippen LogP contribution in [0.25, 0.3) is 0 Å². The molecule has 0 aromatic heterocycles. The molecule has 4 heteroatoms. The Bertz CT molecular complexity index is 417. The Morgan fingerprint density at radius 2 is 2.16 bits per heavy atom. The second kappa shape index (κ2) is 6.92. The van der Waals surface area contributed by atoms with Crippen molar-refractivity contribution >= 4 is 17.5 Å². The van der Waals surface area contributed by atoms with Crippen LogP contribution >= 0.6 is 11.6 Å². The van der Waals surface area contributed by atoms with Crippen LogP contribution in [0.5, 0.6) is 0 Å². The Morgan fingerprint density at radius 1 is 1.42 bits per heavy atom. The fourth-order valence-electron chi connectivity index (χ4n) is 2.54. The van der Waals surface area contributed by atoms with Crippen LogP contribution in [0.2, 0.25) is 0 Å². The van der Waals surface area contributed by atoms with Gasteiger partial charge in [-0.1, -0.05) is 12.1 Å². The van der Waals surface area contributed by atoms with Gasteiger partial charge in [-0.05, 0) is 36.5 Å². The summed E-state index contributed by atoms with van der Waals surface area (Å²) in [7, 11) is 1.71. The van der Waals surface area contributed by atoms with Crippen molar-refractivity contribution in [3.63, 3.8) is 0 Å². The molecular formula is C15H20ClNO2. The van der Waals surface area contributed by atoms with Crippen molar-refractivity contribution in [3.05, 3.63) is 35.4 Å². The quantitative estimate of drug-likeness (QED) is 0.794. The van der Waals surface area contributed by atoms with Crippen LogP contribution in [0.3, 0.4) is 0 Å². The number of hydrogen-bond donors (Lipinski definition) is 0. The molecule has 1 unspecified atom stereocenters. The number of alkyl halides is 1. The van der Waals surface area contributed by atoms with Crippen molar-refractivity contribution in [1.29, 1.82) is 0 Å². The summed E-state index contributed by atoms with van der Waals surface area (Å²) in [4.78, 5) is 14.3. The zero-order valence-electron chi connectivity index (χ0n) is 11.3. The van der Waals surface area contributed by atoms with Gasteiger partial charge in [0.2, 0.25) is 0 Å². The topological polar surface area (TPSA) is 29.5 Å². The number of amides is 1. The molecule has 1 aromatic carbocycles. The van der Waals surface area contributed by atoms with E-state index in [1.807, 2.05) is 29.2 Å². The van der Waals surface area contributed by atoms with Crippen molar-refractivity contribution in [2.45, 2.75) is 18.7 Å². The summed E-state index contributed by atoms with van der Waals surface area (Å²) < 4.78 is 5.19. The summed E-state index contributed by atoms with van der Waals surface area (Å²) in [5.41, 5.74) is 1.78. The SMILES string of the molecule is COCC1CCCN(C(=O)c2ccc(CCl)cc2)C1. The average molecular weight is 282 g/mol. The van der Waals surface area contributed by atoms with Gasteiger partial charge in [-0.15, -0.1) is 11.6 Å². The van der Waals surface area contributed by atoms with Gasteiger partial charge in [0, 0.05) is 31.6 Å². The lowest BCUT2D eigenvalue weighted by Crippen LogP contribution is -2.41. The maximum absolute atomic E-state index is 12.4. The molecule has 1 atom stereocenters. The molecule has 1 aliphatic heterocycles. The Balaban J connectivity index is 2.01. The van der Waals surface area contributed by atoms with Crippen molar-refractivity contribution in [2.24, 2.45) is 5.92 Å². The summed E-state index contributed by atoms with van der Waals surface area (Å²) in [6.45, 7) is 2.37. The Kier molecular flexibility index (Phi) is 5.23. The fraction of sp³-hybridized carbons (Fsp3) is 0.533. The number of ether oxygens (including phenoxy) is 1. The molecule has 0 spiro atoms. The number of methoxy groups -OCH3 is 1. The molecule has 0 bridgehead atoms. The van der Waals surface area contributed by atoms with Crippen LogP contribution in [0.1, 0.15) is 28.8 Å². The highest BCUT2D eigenvalue weighted by molar-refractivity contribution is 6.17. The number of halogens is 1. The van der Waals surface area contributed by atoms with Crippen LogP contribution in [0.4, 0.5) is 0 Å². The third kappa shape index (κ3) is 3.71. The number of likely N-dealkylation sites (tertiary alicyclic amines) is 1. The van der Waals surface area contributed by atoms with Gasteiger partial charge in [-0.25, -0.2) is 0 Å².